The van der Waals surface area contributed by atoms with Crippen LogP contribution in [0.15, 0.2) is 36.4 Å². The van der Waals surface area contributed by atoms with Gasteiger partial charge in [-0.15, -0.1) is 0 Å². The van der Waals surface area contributed by atoms with Gasteiger partial charge in [-0.2, -0.15) is 5.06 Å². The van der Waals surface area contributed by atoms with Crippen molar-refractivity contribution in [3.63, 3.8) is 0 Å². The third kappa shape index (κ3) is 10.6. The fourth-order valence-electron chi connectivity index (χ4n) is 8.89. The molecule has 2 aromatic carbocycles. The quantitative estimate of drug-likeness (QED) is 0.167. The zero-order valence-electron chi connectivity index (χ0n) is 36.8. The molecule has 1 aliphatic carbocycles. The molecule has 0 aromatic heterocycles. The van der Waals surface area contributed by atoms with Crippen molar-refractivity contribution in [3.8, 4) is 16.9 Å². The molecule has 1 aliphatic heterocycles. The molecule has 0 bridgehead atoms. The number of hydrogen-bond acceptors (Lipinski definition) is 9. The Balaban J connectivity index is 1.72. The van der Waals surface area contributed by atoms with Gasteiger partial charge in [-0.05, 0) is 93.1 Å². The number of ether oxygens (including phenoxy) is 1. The molecule has 2 amide bonds. The summed E-state index contributed by atoms with van der Waals surface area (Å²) in [5, 5.41) is 29.8. The molecule has 1 saturated heterocycles. The molecular formula is C45H73N5O6. The number of likely N-dealkylation sites (N-methyl/N-ethyl adjacent to an activating group) is 1. The van der Waals surface area contributed by atoms with E-state index in [0.29, 0.717) is 29.8 Å². The van der Waals surface area contributed by atoms with E-state index in [1.807, 2.05) is 76.4 Å². The van der Waals surface area contributed by atoms with Crippen LogP contribution in [0.3, 0.4) is 0 Å². The largest absolute Gasteiger partial charge is 0.493 e. The van der Waals surface area contributed by atoms with Gasteiger partial charge < -0.3 is 35.4 Å². The molecule has 0 unspecified atom stereocenters. The van der Waals surface area contributed by atoms with Crippen molar-refractivity contribution in [2.24, 2.45) is 34.5 Å². The zero-order valence-corrected chi connectivity index (χ0v) is 36.8. The Hall–Kier alpha value is -3.22. The van der Waals surface area contributed by atoms with Gasteiger partial charge in [-0.1, -0.05) is 73.6 Å². The number of carbonyl (C=O) groups is 2. The Morgan fingerprint density at radius 3 is 2.34 bits per heavy atom. The van der Waals surface area contributed by atoms with Crippen molar-refractivity contribution < 1.29 is 29.4 Å². The molecule has 4 N–H and O–H groups in total. The van der Waals surface area contributed by atoms with Crippen LogP contribution in [0.2, 0.25) is 0 Å². The van der Waals surface area contributed by atoms with E-state index in [4.69, 9.17) is 9.57 Å². The lowest BCUT2D eigenvalue weighted by molar-refractivity contribution is -0.182. The molecule has 2 aliphatic rings. The molecule has 1 heterocycles. The number of hydrogen-bond donors (Lipinski definition) is 4. The van der Waals surface area contributed by atoms with E-state index in [1.54, 1.807) is 12.0 Å². The van der Waals surface area contributed by atoms with Crippen molar-refractivity contribution in [1.82, 2.24) is 20.6 Å². The summed E-state index contributed by atoms with van der Waals surface area (Å²) in [6, 6.07) is 10.8. The Morgan fingerprint density at radius 2 is 1.77 bits per heavy atom. The van der Waals surface area contributed by atoms with Crippen LogP contribution in [0, 0.1) is 34.5 Å². The normalized spacial score (nSPS) is 26.5. The lowest BCUT2D eigenvalue weighted by Crippen LogP contribution is -2.56. The summed E-state index contributed by atoms with van der Waals surface area (Å²) in [6.45, 7) is 22.4. The van der Waals surface area contributed by atoms with Gasteiger partial charge >= 0.3 is 0 Å². The van der Waals surface area contributed by atoms with E-state index in [1.165, 1.54) is 0 Å². The second-order valence-electron chi connectivity index (χ2n) is 19.0. The minimum atomic E-state index is -0.912. The van der Waals surface area contributed by atoms with E-state index in [9.17, 15) is 19.8 Å². The monoisotopic (exact) mass is 780 g/mol. The van der Waals surface area contributed by atoms with Crippen LogP contribution >= 0.6 is 0 Å². The maximum atomic E-state index is 14.4. The first-order valence-electron chi connectivity index (χ1n) is 20.6. The molecule has 0 radical (unpaired) electrons. The number of aliphatic hydroxyl groups excluding tert-OH is 2. The molecule has 11 nitrogen and oxygen atoms in total. The highest BCUT2D eigenvalue weighted by atomic mass is 16.7. The number of carbonyl (C=O) groups excluding carboxylic acids is 2. The number of nitrogens with one attached hydrogen (secondary N) is 2. The number of anilines is 1. The van der Waals surface area contributed by atoms with Gasteiger partial charge in [0.2, 0.25) is 5.91 Å². The molecule has 314 valence electrons. The topological polar surface area (TPSA) is 127 Å². The van der Waals surface area contributed by atoms with E-state index >= 15 is 0 Å². The zero-order chi connectivity index (χ0) is 41.9. The van der Waals surface area contributed by atoms with Gasteiger partial charge in [0.25, 0.3) is 5.91 Å². The Labute approximate surface area is 337 Å². The summed E-state index contributed by atoms with van der Waals surface area (Å²) in [6.07, 6.45) is 0.00695. The summed E-state index contributed by atoms with van der Waals surface area (Å²) in [7, 11) is 7.95. The van der Waals surface area contributed by atoms with Crippen molar-refractivity contribution in [2.45, 2.75) is 119 Å². The summed E-state index contributed by atoms with van der Waals surface area (Å²) in [5.74, 6) is 0.653. The third-order valence-corrected chi connectivity index (χ3v) is 12.7. The first kappa shape index (κ1) is 45.5. The summed E-state index contributed by atoms with van der Waals surface area (Å²) >= 11 is 0. The van der Waals surface area contributed by atoms with Crippen LogP contribution in [0.5, 0.6) is 5.75 Å². The molecule has 0 spiro atoms. The van der Waals surface area contributed by atoms with E-state index in [-0.39, 0.29) is 53.8 Å². The summed E-state index contributed by atoms with van der Waals surface area (Å²) in [4.78, 5) is 38.8. The Kier molecular flexibility index (Phi) is 15.1. The van der Waals surface area contributed by atoms with Crippen LogP contribution in [0.25, 0.3) is 11.1 Å². The number of amides is 2. The van der Waals surface area contributed by atoms with Gasteiger partial charge in [0.1, 0.15) is 17.9 Å². The molecule has 9 atom stereocenters. The second-order valence-corrected chi connectivity index (χ2v) is 19.0. The number of rotatable bonds is 15. The van der Waals surface area contributed by atoms with Gasteiger partial charge in [0, 0.05) is 61.0 Å². The Bertz CT molecular complexity index is 1640. The fourth-order valence-corrected chi connectivity index (χ4v) is 8.89. The van der Waals surface area contributed by atoms with E-state index in [0.717, 1.165) is 41.8 Å². The van der Waals surface area contributed by atoms with E-state index in [2.05, 4.69) is 70.9 Å². The lowest BCUT2D eigenvalue weighted by Gasteiger charge is -2.50. The standard InChI is InChI=1S/C45H73N5O6/c1-15-55-41-31(24-50-40(39(30(5)52)38(26-51)56-50)43(54)47-37-19-27(2)45(9,10)29(4)28(37)3)17-16-18-36(41)32-20-33(22-35(21-32)49(13)14)42(53)46-34(25-48(11)12)23-44(6,7)8/h16-18,20-22,27-30,34,37-40,51-52H,15,19,23-26H2,1-14H3,(H,46,53)(H,47,54)/t27-,28+,29+,30+,34+,37+,38+,39-,40+/m1/s1. The highest BCUT2D eigenvalue weighted by Gasteiger charge is 2.51. The lowest BCUT2D eigenvalue weighted by atomic mass is 9.58. The Morgan fingerprint density at radius 1 is 1.09 bits per heavy atom. The van der Waals surface area contributed by atoms with Gasteiger partial charge in [0.05, 0.1) is 25.9 Å². The molecule has 1 saturated carbocycles. The van der Waals surface area contributed by atoms with Gasteiger partial charge in [-0.3, -0.25) is 14.4 Å². The van der Waals surface area contributed by atoms with Crippen LogP contribution in [-0.2, 0) is 16.2 Å². The maximum absolute atomic E-state index is 14.4. The van der Waals surface area contributed by atoms with Crippen LogP contribution in [-0.4, -0.2) is 110 Å². The minimum Gasteiger partial charge on any atom is -0.493 e. The first-order chi connectivity index (χ1) is 26.1. The minimum absolute atomic E-state index is 0.0329. The van der Waals surface area contributed by atoms with Crippen molar-refractivity contribution >= 4 is 17.5 Å². The molecule has 2 fully saturated rings. The molecule has 2 aromatic rings. The maximum Gasteiger partial charge on any atom is 0.251 e. The van der Waals surface area contributed by atoms with E-state index < -0.39 is 24.2 Å². The number of aliphatic hydroxyl groups is 2. The van der Waals surface area contributed by atoms with Crippen LogP contribution < -0.4 is 20.3 Å². The highest BCUT2D eigenvalue weighted by molar-refractivity contribution is 5.97. The van der Waals surface area contributed by atoms with Gasteiger partial charge in [-0.25, -0.2) is 0 Å². The predicted octanol–water partition coefficient (Wildman–Crippen LogP) is 6.21. The number of hydroxylamine groups is 2. The molecule has 4 rings (SSSR count). The average Bonchev–Trinajstić information content (AvgIpc) is 3.48. The van der Waals surface area contributed by atoms with Crippen LogP contribution in [0.4, 0.5) is 5.69 Å². The summed E-state index contributed by atoms with van der Waals surface area (Å²) < 4.78 is 6.40. The fraction of sp³-hybridized carbons (Fsp3) is 0.689. The third-order valence-electron chi connectivity index (χ3n) is 12.7. The van der Waals surface area contributed by atoms with Crippen molar-refractivity contribution in [1.29, 1.82) is 0 Å². The highest BCUT2D eigenvalue weighted by Crippen LogP contribution is 2.48. The van der Waals surface area contributed by atoms with Crippen LogP contribution in [0.1, 0.15) is 98.0 Å². The first-order valence-corrected chi connectivity index (χ1v) is 20.6. The summed E-state index contributed by atoms with van der Waals surface area (Å²) in [5.41, 5.74) is 3.99. The molecular weight excluding hydrogens is 707 g/mol. The number of nitrogens with zero attached hydrogens (tertiary/aromatic N) is 3. The van der Waals surface area contributed by atoms with Gasteiger partial charge in [0.15, 0.2) is 0 Å². The number of benzene rings is 2. The number of para-hydroxylation sites is 1. The average molecular weight is 780 g/mol. The second kappa shape index (κ2) is 18.6. The molecule has 56 heavy (non-hydrogen) atoms. The van der Waals surface area contributed by atoms with Crippen molar-refractivity contribution in [2.75, 3.05) is 52.8 Å². The predicted molar refractivity (Wildman–Crippen MR) is 226 cm³/mol. The SMILES string of the molecule is CCOc1c(CN2O[C@@H](CO)[C@@H]([C@H](C)O)[C@H]2C(=O)N[C@H]2C[C@@H](C)C(C)(C)[C@@H](C)[C@@H]2C)cccc1-c1cc(C(=O)N[C@H](CN(C)C)CC(C)(C)C)cc(N(C)C)c1. The molecule has 11 heteroatoms. The smallest absolute Gasteiger partial charge is 0.251 e. The van der Waals surface area contributed by atoms with Crippen molar-refractivity contribution in [3.05, 3.63) is 47.5 Å².